The lowest BCUT2D eigenvalue weighted by atomic mass is 10.3. The van der Waals surface area contributed by atoms with E-state index in [1.54, 1.807) is 30.5 Å². The quantitative estimate of drug-likeness (QED) is 0.537. The summed E-state index contributed by atoms with van der Waals surface area (Å²) in [7, 11) is 0. The van der Waals surface area contributed by atoms with E-state index in [4.69, 9.17) is 27.9 Å². The summed E-state index contributed by atoms with van der Waals surface area (Å²) in [5.41, 5.74) is 1.62. The van der Waals surface area contributed by atoms with Gasteiger partial charge in [0, 0.05) is 27.6 Å². The van der Waals surface area contributed by atoms with Crippen LogP contribution in [0.25, 0.3) is 0 Å². The minimum absolute atomic E-state index is 0.139. The van der Waals surface area contributed by atoms with Crippen molar-refractivity contribution in [2.45, 2.75) is 20.0 Å². The zero-order chi connectivity index (χ0) is 18.5. The number of rotatable bonds is 6. The van der Waals surface area contributed by atoms with E-state index in [0.29, 0.717) is 21.8 Å². The van der Waals surface area contributed by atoms with Crippen molar-refractivity contribution >= 4 is 46.3 Å². The summed E-state index contributed by atoms with van der Waals surface area (Å²) in [5.74, 6) is 1.92. The standard InChI is InChI=1S/C19H18Cl2N4O/c1-12(2)26-17-5-3-15(4-6-17)24-19-22-8-7-18(25-19)23-16-10-13(20)9-14(21)11-16/h3-12H,1-2H3,(H2,22,23,24,25). The fourth-order valence-electron chi connectivity index (χ4n) is 2.28. The molecule has 0 radical (unpaired) electrons. The number of hydrogen-bond donors (Lipinski definition) is 2. The van der Waals surface area contributed by atoms with Gasteiger partial charge in [0.2, 0.25) is 5.95 Å². The molecule has 1 heterocycles. The van der Waals surface area contributed by atoms with Crippen molar-refractivity contribution in [2.75, 3.05) is 10.6 Å². The van der Waals surface area contributed by atoms with E-state index in [1.807, 2.05) is 38.1 Å². The highest BCUT2D eigenvalue weighted by Crippen LogP contribution is 2.25. The van der Waals surface area contributed by atoms with Crippen LogP contribution in [0.4, 0.5) is 23.1 Å². The van der Waals surface area contributed by atoms with Crippen molar-refractivity contribution in [3.8, 4) is 5.75 Å². The Morgan fingerprint density at radius 3 is 2.23 bits per heavy atom. The fourth-order valence-corrected chi connectivity index (χ4v) is 2.81. The first-order valence-corrected chi connectivity index (χ1v) is 8.83. The Morgan fingerprint density at radius 2 is 1.58 bits per heavy atom. The highest BCUT2D eigenvalue weighted by molar-refractivity contribution is 6.35. The molecule has 0 amide bonds. The molecule has 26 heavy (non-hydrogen) atoms. The summed E-state index contributed by atoms with van der Waals surface area (Å²) < 4.78 is 5.63. The molecule has 0 aliphatic rings. The second kappa shape index (κ2) is 8.25. The van der Waals surface area contributed by atoms with Gasteiger partial charge in [-0.1, -0.05) is 23.2 Å². The summed E-state index contributed by atoms with van der Waals surface area (Å²) >= 11 is 12.0. The molecule has 0 fully saturated rings. The average molecular weight is 389 g/mol. The third-order valence-electron chi connectivity index (χ3n) is 3.27. The smallest absolute Gasteiger partial charge is 0.229 e. The van der Waals surface area contributed by atoms with Gasteiger partial charge in [0.25, 0.3) is 0 Å². The van der Waals surface area contributed by atoms with Gasteiger partial charge < -0.3 is 15.4 Å². The Bertz CT molecular complexity index is 865. The lowest BCUT2D eigenvalue weighted by Crippen LogP contribution is -2.05. The average Bonchev–Trinajstić information content (AvgIpc) is 2.55. The minimum atomic E-state index is 0.139. The topological polar surface area (TPSA) is 59.1 Å². The maximum absolute atomic E-state index is 6.02. The van der Waals surface area contributed by atoms with Crippen LogP contribution >= 0.6 is 23.2 Å². The van der Waals surface area contributed by atoms with Crippen LogP contribution in [0.5, 0.6) is 5.75 Å². The lowest BCUT2D eigenvalue weighted by Gasteiger charge is -2.11. The Hall–Kier alpha value is -2.50. The molecule has 0 spiro atoms. The van der Waals surface area contributed by atoms with Gasteiger partial charge in [-0.2, -0.15) is 4.98 Å². The monoisotopic (exact) mass is 388 g/mol. The van der Waals surface area contributed by atoms with Gasteiger partial charge in [-0.3, -0.25) is 0 Å². The molecule has 0 unspecified atom stereocenters. The Labute approximate surface area is 162 Å². The molecule has 3 rings (SSSR count). The Kier molecular flexibility index (Phi) is 5.81. The molecule has 0 saturated carbocycles. The maximum Gasteiger partial charge on any atom is 0.229 e. The first-order valence-electron chi connectivity index (χ1n) is 8.08. The number of anilines is 4. The summed E-state index contributed by atoms with van der Waals surface area (Å²) in [4.78, 5) is 8.68. The van der Waals surface area contributed by atoms with Crippen molar-refractivity contribution in [1.82, 2.24) is 9.97 Å². The molecule has 3 aromatic rings. The predicted octanol–water partition coefficient (Wildman–Crippen LogP) is 6.06. The van der Waals surface area contributed by atoms with E-state index < -0.39 is 0 Å². The second-order valence-corrected chi connectivity index (χ2v) is 6.74. The number of aromatic nitrogens is 2. The summed E-state index contributed by atoms with van der Waals surface area (Å²) in [5, 5.41) is 7.43. The lowest BCUT2D eigenvalue weighted by molar-refractivity contribution is 0.242. The van der Waals surface area contributed by atoms with Crippen LogP contribution in [-0.2, 0) is 0 Å². The molecular weight excluding hydrogens is 371 g/mol. The van der Waals surface area contributed by atoms with Crippen LogP contribution in [0.15, 0.2) is 54.7 Å². The molecule has 1 aromatic heterocycles. The Balaban J connectivity index is 1.71. The van der Waals surface area contributed by atoms with Crippen LogP contribution in [0.1, 0.15) is 13.8 Å². The fraction of sp³-hybridized carbons (Fsp3) is 0.158. The van der Waals surface area contributed by atoms with E-state index in [9.17, 15) is 0 Å². The number of nitrogens with one attached hydrogen (secondary N) is 2. The molecule has 7 heteroatoms. The maximum atomic E-state index is 6.02. The van der Waals surface area contributed by atoms with Gasteiger partial charge in [0.1, 0.15) is 11.6 Å². The molecule has 134 valence electrons. The van der Waals surface area contributed by atoms with Crippen molar-refractivity contribution in [2.24, 2.45) is 0 Å². The first-order chi connectivity index (χ1) is 12.5. The number of hydrogen-bond acceptors (Lipinski definition) is 5. The predicted molar refractivity (Wildman–Crippen MR) is 107 cm³/mol. The molecule has 0 aliphatic heterocycles. The SMILES string of the molecule is CC(C)Oc1ccc(Nc2nccc(Nc3cc(Cl)cc(Cl)c3)n2)cc1. The third kappa shape index (κ3) is 5.25. The summed E-state index contributed by atoms with van der Waals surface area (Å²) in [6.07, 6.45) is 1.81. The van der Waals surface area contributed by atoms with Gasteiger partial charge in [0.15, 0.2) is 0 Å². The molecule has 2 aromatic carbocycles. The summed E-state index contributed by atoms with van der Waals surface area (Å²) in [6, 6.07) is 14.6. The van der Waals surface area contributed by atoms with E-state index in [-0.39, 0.29) is 6.10 Å². The van der Waals surface area contributed by atoms with Crippen LogP contribution in [0.2, 0.25) is 10.0 Å². The van der Waals surface area contributed by atoms with E-state index in [1.165, 1.54) is 0 Å². The van der Waals surface area contributed by atoms with Crippen molar-refractivity contribution in [3.63, 3.8) is 0 Å². The number of ether oxygens (including phenoxy) is 1. The molecular formula is C19H18Cl2N4O. The van der Waals surface area contributed by atoms with Crippen LogP contribution in [0, 0.1) is 0 Å². The highest BCUT2D eigenvalue weighted by Gasteiger charge is 2.04. The van der Waals surface area contributed by atoms with Crippen molar-refractivity contribution in [3.05, 3.63) is 64.8 Å². The number of benzene rings is 2. The van der Waals surface area contributed by atoms with Gasteiger partial charge >= 0.3 is 0 Å². The normalized spacial score (nSPS) is 10.7. The zero-order valence-corrected chi connectivity index (χ0v) is 15.8. The van der Waals surface area contributed by atoms with Gasteiger partial charge in [-0.15, -0.1) is 0 Å². The van der Waals surface area contributed by atoms with Gasteiger partial charge in [0.05, 0.1) is 6.10 Å². The number of halogens is 2. The first kappa shape index (κ1) is 18.3. The zero-order valence-electron chi connectivity index (χ0n) is 14.3. The molecule has 2 N–H and O–H groups in total. The highest BCUT2D eigenvalue weighted by atomic mass is 35.5. The molecule has 0 saturated heterocycles. The Morgan fingerprint density at radius 1 is 0.885 bits per heavy atom. The van der Waals surface area contributed by atoms with Crippen LogP contribution in [-0.4, -0.2) is 16.1 Å². The van der Waals surface area contributed by atoms with E-state index >= 15 is 0 Å². The largest absolute Gasteiger partial charge is 0.491 e. The van der Waals surface area contributed by atoms with Crippen molar-refractivity contribution in [1.29, 1.82) is 0 Å². The number of nitrogens with zero attached hydrogens (tertiary/aromatic N) is 2. The van der Waals surface area contributed by atoms with E-state index in [2.05, 4.69) is 20.6 Å². The van der Waals surface area contributed by atoms with E-state index in [0.717, 1.165) is 17.1 Å². The minimum Gasteiger partial charge on any atom is -0.491 e. The van der Waals surface area contributed by atoms with Gasteiger partial charge in [-0.25, -0.2) is 4.98 Å². The van der Waals surface area contributed by atoms with Gasteiger partial charge in [-0.05, 0) is 62.4 Å². The van der Waals surface area contributed by atoms with Crippen LogP contribution < -0.4 is 15.4 Å². The molecule has 0 aliphatic carbocycles. The molecule has 0 atom stereocenters. The third-order valence-corrected chi connectivity index (χ3v) is 3.71. The molecule has 0 bridgehead atoms. The molecule has 5 nitrogen and oxygen atoms in total. The van der Waals surface area contributed by atoms with Crippen LogP contribution in [0.3, 0.4) is 0 Å². The summed E-state index contributed by atoms with van der Waals surface area (Å²) in [6.45, 7) is 3.98. The second-order valence-electron chi connectivity index (χ2n) is 5.86. The van der Waals surface area contributed by atoms with Crippen molar-refractivity contribution < 1.29 is 4.74 Å².